The predicted octanol–water partition coefficient (Wildman–Crippen LogP) is 3.31. The number of aryl methyl sites for hydroxylation is 1. The van der Waals surface area contributed by atoms with Crippen molar-refractivity contribution >= 4 is 11.6 Å². The van der Waals surface area contributed by atoms with Gasteiger partial charge in [-0.15, -0.1) is 0 Å². The fraction of sp³-hybridized carbons (Fsp3) is 0.167. The first-order valence-corrected chi connectivity index (χ1v) is 7.55. The third-order valence-electron chi connectivity index (χ3n) is 3.56. The molecule has 3 aromatic rings. The highest BCUT2D eigenvalue weighted by Gasteiger charge is 2.12. The lowest BCUT2D eigenvalue weighted by atomic mass is 10.1. The van der Waals surface area contributed by atoms with Gasteiger partial charge in [-0.05, 0) is 49.4 Å². The lowest BCUT2D eigenvalue weighted by molar-refractivity contribution is 0.102. The monoisotopic (exact) mass is 339 g/mol. The van der Waals surface area contributed by atoms with E-state index in [0.717, 1.165) is 5.56 Å². The minimum Gasteiger partial charge on any atom is -0.493 e. The van der Waals surface area contributed by atoms with Crippen molar-refractivity contribution in [3.63, 3.8) is 0 Å². The maximum atomic E-state index is 12.4. The number of nitrogens with zero attached hydrogens (tertiary/aromatic N) is 2. The normalized spacial score (nSPS) is 10.4. The summed E-state index contributed by atoms with van der Waals surface area (Å²) in [6, 6.07) is 12.1. The largest absolute Gasteiger partial charge is 0.493 e. The Hall–Kier alpha value is -3.35. The van der Waals surface area contributed by atoms with Gasteiger partial charge in [-0.2, -0.15) is 4.98 Å². The van der Waals surface area contributed by atoms with Crippen LogP contribution in [0.25, 0.3) is 11.5 Å². The molecule has 0 aliphatic heterocycles. The molecule has 0 aliphatic carbocycles. The summed E-state index contributed by atoms with van der Waals surface area (Å²) < 4.78 is 15.5. The molecule has 0 saturated carbocycles. The van der Waals surface area contributed by atoms with Gasteiger partial charge in [0, 0.05) is 16.8 Å². The molecule has 0 bridgehead atoms. The van der Waals surface area contributed by atoms with E-state index in [-0.39, 0.29) is 5.91 Å². The van der Waals surface area contributed by atoms with Gasteiger partial charge in [0.1, 0.15) is 0 Å². The fourth-order valence-electron chi connectivity index (χ4n) is 2.29. The first kappa shape index (κ1) is 16.5. The average molecular weight is 339 g/mol. The second-order valence-corrected chi connectivity index (χ2v) is 5.25. The number of methoxy groups -OCH3 is 2. The van der Waals surface area contributed by atoms with Gasteiger partial charge >= 0.3 is 0 Å². The Morgan fingerprint density at radius 2 is 1.76 bits per heavy atom. The van der Waals surface area contributed by atoms with Crippen LogP contribution >= 0.6 is 0 Å². The van der Waals surface area contributed by atoms with E-state index in [1.54, 1.807) is 56.5 Å². The van der Waals surface area contributed by atoms with E-state index in [1.807, 2.05) is 0 Å². The number of carbonyl (C=O) groups is 1. The number of hydrogen-bond acceptors (Lipinski definition) is 6. The molecule has 25 heavy (non-hydrogen) atoms. The van der Waals surface area contributed by atoms with Gasteiger partial charge in [0.2, 0.25) is 0 Å². The lowest BCUT2D eigenvalue weighted by Gasteiger charge is -2.10. The van der Waals surface area contributed by atoms with Crippen molar-refractivity contribution in [1.82, 2.24) is 10.1 Å². The molecule has 3 rings (SSSR count). The van der Waals surface area contributed by atoms with Gasteiger partial charge in [-0.1, -0.05) is 5.16 Å². The standard InChI is InChI=1S/C18H17N3O4/c1-11-19-18(25-21-11)12-4-7-14(8-5-12)20-17(22)13-6-9-15(23-2)16(10-13)24-3/h4-10H,1-3H3,(H,20,22). The van der Waals surface area contributed by atoms with Crippen LogP contribution in [0, 0.1) is 6.92 Å². The third-order valence-corrected chi connectivity index (χ3v) is 3.56. The molecule has 0 spiro atoms. The molecular weight excluding hydrogens is 322 g/mol. The van der Waals surface area contributed by atoms with Crippen molar-refractivity contribution in [3.05, 3.63) is 53.9 Å². The average Bonchev–Trinajstić information content (AvgIpc) is 3.08. The summed E-state index contributed by atoms with van der Waals surface area (Å²) in [7, 11) is 3.07. The van der Waals surface area contributed by atoms with E-state index < -0.39 is 0 Å². The van der Waals surface area contributed by atoms with Crippen LogP contribution in [0.3, 0.4) is 0 Å². The number of aromatic nitrogens is 2. The van der Waals surface area contributed by atoms with Gasteiger partial charge in [0.15, 0.2) is 17.3 Å². The number of amides is 1. The lowest BCUT2D eigenvalue weighted by Crippen LogP contribution is -2.12. The molecule has 7 heteroatoms. The van der Waals surface area contributed by atoms with Crippen molar-refractivity contribution in [2.24, 2.45) is 0 Å². The number of ether oxygens (including phenoxy) is 2. The van der Waals surface area contributed by atoms with Crippen molar-refractivity contribution < 1.29 is 18.8 Å². The molecule has 1 amide bonds. The van der Waals surface area contributed by atoms with Gasteiger partial charge in [0.05, 0.1) is 14.2 Å². The summed E-state index contributed by atoms with van der Waals surface area (Å²) in [5.74, 6) is 1.83. The maximum absolute atomic E-state index is 12.4. The van der Waals surface area contributed by atoms with E-state index in [2.05, 4.69) is 15.5 Å². The van der Waals surface area contributed by atoms with Crippen LogP contribution in [-0.2, 0) is 0 Å². The number of nitrogens with one attached hydrogen (secondary N) is 1. The Labute approximate surface area is 144 Å². The molecule has 0 fully saturated rings. The summed E-state index contributed by atoms with van der Waals surface area (Å²) in [6.07, 6.45) is 0. The van der Waals surface area contributed by atoms with Crippen LogP contribution < -0.4 is 14.8 Å². The summed E-state index contributed by atoms with van der Waals surface area (Å²) in [5, 5.41) is 6.58. The van der Waals surface area contributed by atoms with Crippen molar-refractivity contribution in [3.8, 4) is 23.0 Å². The van der Waals surface area contributed by atoms with Crippen LogP contribution in [0.2, 0.25) is 0 Å². The number of benzene rings is 2. The van der Waals surface area contributed by atoms with E-state index in [9.17, 15) is 4.79 Å². The van der Waals surface area contributed by atoms with E-state index in [1.165, 1.54) is 7.11 Å². The second kappa shape index (κ2) is 7.04. The second-order valence-electron chi connectivity index (χ2n) is 5.25. The first-order chi connectivity index (χ1) is 12.1. The Bertz CT molecular complexity index is 888. The number of rotatable bonds is 5. The number of anilines is 1. The van der Waals surface area contributed by atoms with Gasteiger partial charge < -0.3 is 19.3 Å². The number of hydrogen-bond donors (Lipinski definition) is 1. The van der Waals surface area contributed by atoms with Crippen LogP contribution in [0.4, 0.5) is 5.69 Å². The zero-order valence-corrected chi connectivity index (χ0v) is 14.1. The fourth-order valence-corrected chi connectivity index (χ4v) is 2.29. The molecular formula is C18H17N3O4. The predicted molar refractivity (Wildman–Crippen MR) is 92.0 cm³/mol. The highest BCUT2D eigenvalue weighted by molar-refractivity contribution is 6.04. The van der Waals surface area contributed by atoms with E-state index >= 15 is 0 Å². The van der Waals surface area contributed by atoms with Gasteiger partial charge in [-0.3, -0.25) is 4.79 Å². The quantitative estimate of drug-likeness (QED) is 0.767. The first-order valence-electron chi connectivity index (χ1n) is 7.55. The highest BCUT2D eigenvalue weighted by Crippen LogP contribution is 2.28. The summed E-state index contributed by atoms with van der Waals surface area (Å²) in [6.45, 7) is 1.75. The smallest absolute Gasteiger partial charge is 0.257 e. The van der Waals surface area contributed by atoms with Gasteiger partial charge in [0.25, 0.3) is 11.8 Å². The minimum absolute atomic E-state index is 0.248. The summed E-state index contributed by atoms with van der Waals surface area (Å²) >= 11 is 0. The Morgan fingerprint density at radius 3 is 2.36 bits per heavy atom. The van der Waals surface area contributed by atoms with Crippen molar-refractivity contribution in [1.29, 1.82) is 0 Å². The van der Waals surface area contributed by atoms with E-state index in [4.69, 9.17) is 14.0 Å². The van der Waals surface area contributed by atoms with Gasteiger partial charge in [-0.25, -0.2) is 0 Å². The molecule has 1 heterocycles. The molecule has 1 N–H and O–H groups in total. The highest BCUT2D eigenvalue weighted by atomic mass is 16.5. The Balaban J connectivity index is 1.74. The molecule has 0 saturated heterocycles. The Morgan fingerprint density at radius 1 is 1.04 bits per heavy atom. The topological polar surface area (TPSA) is 86.5 Å². The van der Waals surface area contributed by atoms with Crippen LogP contribution in [0.5, 0.6) is 11.5 Å². The SMILES string of the molecule is COc1ccc(C(=O)Nc2ccc(-c3nc(C)no3)cc2)cc1OC. The molecule has 0 aliphatic rings. The molecule has 0 atom stereocenters. The zero-order valence-electron chi connectivity index (χ0n) is 14.1. The van der Waals surface area contributed by atoms with Crippen molar-refractivity contribution in [2.45, 2.75) is 6.92 Å². The zero-order chi connectivity index (χ0) is 17.8. The molecule has 0 unspecified atom stereocenters. The van der Waals surface area contributed by atoms with Crippen LogP contribution in [0.1, 0.15) is 16.2 Å². The molecule has 2 aromatic carbocycles. The van der Waals surface area contributed by atoms with Crippen LogP contribution in [0.15, 0.2) is 47.0 Å². The molecule has 0 radical (unpaired) electrons. The summed E-state index contributed by atoms with van der Waals surface area (Å²) in [5.41, 5.74) is 1.90. The third kappa shape index (κ3) is 3.60. The van der Waals surface area contributed by atoms with E-state index in [0.29, 0.717) is 34.5 Å². The maximum Gasteiger partial charge on any atom is 0.257 e. The Kier molecular flexibility index (Phi) is 4.65. The molecule has 7 nitrogen and oxygen atoms in total. The minimum atomic E-state index is -0.248. The molecule has 128 valence electrons. The summed E-state index contributed by atoms with van der Waals surface area (Å²) in [4.78, 5) is 16.6. The number of carbonyl (C=O) groups excluding carboxylic acids is 1. The van der Waals surface area contributed by atoms with Crippen molar-refractivity contribution in [2.75, 3.05) is 19.5 Å². The molecule has 1 aromatic heterocycles. The van der Waals surface area contributed by atoms with Crippen LogP contribution in [-0.4, -0.2) is 30.3 Å².